The van der Waals surface area contributed by atoms with Gasteiger partial charge in [0.25, 0.3) is 17.7 Å². The Labute approximate surface area is 466 Å². The first-order valence-corrected chi connectivity index (χ1v) is 27.5. The van der Waals surface area contributed by atoms with E-state index in [0.717, 1.165) is 86.1 Å². The monoisotopic (exact) mass is 1100 g/mol. The number of nitrogens with zero attached hydrogens (tertiary/aromatic N) is 9. The lowest BCUT2D eigenvalue weighted by molar-refractivity contribution is -0.131. The Balaban J connectivity index is 0.591. The summed E-state index contributed by atoms with van der Waals surface area (Å²) in [7, 11) is 1.62. The second-order valence-electron chi connectivity index (χ2n) is 21.6. The normalized spacial score (nSPS) is 19.3. The molecule has 20 nitrogen and oxygen atoms in total. The molecule has 0 radical (unpaired) electrons. The number of nitrogens with one attached hydrogen (secondary N) is 3. The summed E-state index contributed by atoms with van der Waals surface area (Å²) in [5, 5.41) is 17.9. The fourth-order valence-electron chi connectivity index (χ4n) is 11.6. The topological polar surface area (TPSA) is 215 Å². The molecule has 3 N–H and O–H groups in total. The second kappa shape index (κ2) is 21.9. The van der Waals surface area contributed by atoms with Crippen LogP contribution in [0, 0.1) is 17.2 Å². The van der Waals surface area contributed by atoms with Crippen LogP contribution in [-0.2, 0) is 14.4 Å². The molecule has 81 heavy (non-hydrogen) atoms. The van der Waals surface area contributed by atoms with Crippen molar-refractivity contribution < 1.29 is 42.6 Å². The maximum atomic E-state index is 13.8. The van der Waals surface area contributed by atoms with Gasteiger partial charge in [0.05, 0.1) is 29.4 Å². The van der Waals surface area contributed by atoms with E-state index in [2.05, 4.69) is 57.3 Å². The van der Waals surface area contributed by atoms with Crippen molar-refractivity contribution in [1.82, 2.24) is 35.2 Å². The standard InChI is InChI=1S/C60H61FN12O8/c1-37-3-15-49(54(74)63-37)73-55(75)44-13-10-42(33-45(44)56(73)76)69-27-25-68(26-28-69)36-38-18-23-71(24-19-38)53-16-14-47(66-67-53)57(77)72-31-29-70(30-32-72)50-35-48-46(34-52(50)80-2)51(17-22-62-48)81-43-11-8-41(9-12-43)65-59(79)60(20-21-60)58(78)64-40-6-4-39(61)5-7-40/h4-14,16-17,22,33-35,38,49H,1,3,15,18-21,23-32,36H2,2H3,(H,63,74)(H,64,78)(H,65,79). The van der Waals surface area contributed by atoms with Crippen LogP contribution in [0.1, 0.15) is 69.7 Å². The van der Waals surface area contributed by atoms with Crippen molar-refractivity contribution in [1.29, 1.82) is 0 Å². The van der Waals surface area contributed by atoms with Crippen LogP contribution in [0.3, 0.4) is 0 Å². The van der Waals surface area contributed by atoms with Crippen LogP contribution < -0.4 is 40.1 Å². The predicted molar refractivity (Wildman–Crippen MR) is 301 cm³/mol. The molecule has 1 unspecified atom stereocenters. The van der Waals surface area contributed by atoms with Crippen molar-refractivity contribution in [2.75, 3.05) is 104 Å². The third-order valence-electron chi connectivity index (χ3n) is 16.6. The van der Waals surface area contributed by atoms with Gasteiger partial charge in [-0.1, -0.05) is 6.58 Å². The van der Waals surface area contributed by atoms with Gasteiger partial charge in [-0.25, -0.2) is 4.39 Å². The number of fused-ring (bicyclic) bond motifs is 2. The van der Waals surface area contributed by atoms with E-state index in [9.17, 15) is 33.2 Å². The zero-order valence-corrected chi connectivity index (χ0v) is 44.9. The molecule has 21 heteroatoms. The number of piperidine rings is 2. The number of hydrogen-bond donors (Lipinski definition) is 3. The summed E-state index contributed by atoms with van der Waals surface area (Å²) in [4.78, 5) is 96.2. The fraction of sp³-hybridized carbons (Fsp3) is 0.350. The van der Waals surface area contributed by atoms with Crippen molar-refractivity contribution in [2.24, 2.45) is 11.3 Å². The van der Waals surface area contributed by atoms with Crippen molar-refractivity contribution in [2.45, 2.75) is 44.6 Å². The van der Waals surface area contributed by atoms with Crippen molar-refractivity contribution in [3.05, 3.63) is 138 Å². The Morgan fingerprint density at radius 3 is 2.05 bits per heavy atom. The average Bonchev–Trinajstić information content (AvgIpc) is 4.34. The van der Waals surface area contributed by atoms with Crippen molar-refractivity contribution >= 4 is 74.9 Å². The molecule has 12 rings (SSSR count). The first-order chi connectivity index (χ1) is 39.3. The molecule has 1 saturated carbocycles. The van der Waals surface area contributed by atoms with E-state index in [1.165, 1.54) is 24.3 Å². The lowest BCUT2D eigenvalue weighted by Crippen LogP contribution is -2.51. The zero-order valence-electron chi connectivity index (χ0n) is 44.9. The minimum Gasteiger partial charge on any atom is -0.495 e. The number of ether oxygens (including phenoxy) is 2. The third-order valence-corrected chi connectivity index (χ3v) is 16.6. The molecule has 6 aliphatic rings. The molecule has 6 amide bonds. The van der Waals surface area contributed by atoms with E-state index in [1.54, 1.807) is 66.7 Å². The molecule has 416 valence electrons. The number of allylic oxidation sites excluding steroid dienone is 1. The first-order valence-electron chi connectivity index (χ1n) is 27.5. The summed E-state index contributed by atoms with van der Waals surface area (Å²) < 4.78 is 25.6. The van der Waals surface area contributed by atoms with E-state index >= 15 is 0 Å². The molecule has 2 aromatic heterocycles. The number of halogens is 1. The summed E-state index contributed by atoms with van der Waals surface area (Å²) >= 11 is 0. The Hall–Kier alpha value is -8.98. The number of anilines is 5. The second-order valence-corrected chi connectivity index (χ2v) is 21.6. The summed E-state index contributed by atoms with van der Waals surface area (Å²) in [5.41, 5.74) is 3.75. The van der Waals surface area contributed by atoms with Crippen LogP contribution in [0.25, 0.3) is 10.9 Å². The van der Waals surface area contributed by atoms with Gasteiger partial charge < -0.3 is 45.0 Å². The molecule has 0 spiro atoms. The highest BCUT2D eigenvalue weighted by Gasteiger charge is 2.56. The Morgan fingerprint density at radius 1 is 0.716 bits per heavy atom. The molecule has 5 aliphatic heterocycles. The molecular formula is C60H61FN12O8. The van der Waals surface area contributed by atoms with Crippen LogP contribution in [0.5, 0.6) is 17.2 Å². The quantitative estimate of drug-likeness (QED) is 0.0764. The van der Waals surface area contributed by atoms with Gasteiger partial charge in [-0.15, -0.1) is 10.2 Å². The van der Waals surface area contributed by atoms with Crippen LogP contribution in [0.2, 0.25) is 0 Å². The van der Waals surface area contributed by atoms with Crippen LogP contribution >= 0.6 is 0 Å². The van der Waals surface area contributed by atoms with Gasteiger partial charge in [0.15, 0.2) is 11.5 Å². The summed E-state index contributed by atoms with van der Waals surface area (Å²) in [6, 6.07) is 26.2. The summed E-state index contributed by atoms with van der Waals surface area (Å²) in [6.45, 7) is 11.9. The predicted octanol–water partition coefficient (Wildman–Crippen LogP) is 6.71. The van der Waals surface area contributed by atoms with Crippen molar-refractivity contribution in [3.8, 4) is 17.2 Å². The number of carbonyl (C=O) groups excluding carboxylic acids is 6. The van der Waals surface area contributed by atoms with Gasteiger partial charge in [0.2, 0.25) is 17.7 Å². The highest BCUT2D eigenvalue weighted by atomic mass is 19.1. The highest BCUT2D eigenvalue weighted by Crippen LogP contribution is 2.48. The maximum absolute atomic E-state index is 13.8. The number of rotatable bonds is 14. The molecule has 4 saturated heterocycles. The largest absolute Gasteiger partial charge is 0.495 e. The van der Waals surface area contributed by atoms with Gasteiger partial charge in [0, 0.05) is 106 Å². The number of amides is 6. The maximum Gasteiger partial charge on any atom is 0.274 e. The highest BCUT2D eigenvalue weighted by molar-refractivity contribution is 6.23. The van der Waals surface area contributed by atoms with E-state index in [-0.39, 0.29) is 11.8 Å². The molecular weight excluding hydrogens is 1040 g/mol. The third kappa shape index (κ3) is 10.7. The molecule has 1 aliphatic carbocycles. The van der Waals surface area contributed by atoms with Gasteiger partial charge in [-0.2, -0.15) is 0 Å². The van der Waals surface area contributed by atoms with Gasteiger partial charge >= 0.3 is 0 Å². The minimum absolute atomic E-state index is 0.168. The van der Waals surface area contributed by atoms with Gasteiger partial charge in [-0.3, -0.25) is 43.6 Å². The van der Waals surface area contributed by atoms with E-state index in [4.69, 9.17) is 9.47 Å². The Kier molecular flexibility index (Phi) is 14.3. The number of hydrogen-bond acceptors (Lipinski definition) is 15. The number of benzene rings is 4. The average molecular weight is 1100 g/mol. The van der Waals surface area contributed by atoms with Crippen LogP contribution in [0.4, 0.5) is 33.0 Å². The number of aromatic nitrogens is 3. The summed E-state index contributed by atoms with van der Waals surface area (Å²) in [6.07, 6.45) is 5.40. The molecule has 7 heterocycles. The van der Waals surface area contributed by atoms with E-state index in [0.29, 0.717) is 114 Å². The number of carbonyl (C=O) groups is 6. The van der Waals surface area contributed by atoms with Gasteiger partial charge in [0.1, 0.15) is 34.5 Å². The SMILES string of the molecule is C=C1CCC(N2C(=O)c3ccc(N4CCN(CC5CCN(c6ccc(C(=O)N7CCN(c8cc9nccc(Oc%10ccc(NC(=O)C%11(C(=O)Nc%12ccc(F)cc%12)CC%11)cc%10)c9cc8OC)CC7)nn6)CC5)CC4)cc3C2=O)C(=O)N1. The fourth-order valence-corrected chi connectivity index (χ4v) is 11.6. The molecule has 5 fully saturated rings. The lowest BCUT2D eigenvalue weighted by atomic mass is 9.96. The minimum atomic E-state index is -1.19. The Morgan fingerprint density at radius 2 is 1.40 bits per heavy atom. The molecule has 4 aromatic carbocycles. The lowest BCUT2D eigenvalue weighted by Gasteiger charge is -2.39. The number of piperazine rings is 2. The van der Waals surface area contributed by atoms with Crippen LogP contribution in [-0.4, -0.2) is 150 Å². The number of imide groups is 1. The van der Waals surface area contributed by atoms with E-state index < -0.39 is 40.9 Å². The smallest absolute Gasteiger partial charge is 0.274 e. The first kappa shape index (κ1) is 52.7. The molecule has 0 bridgehead atoms. The molecule has 6 aromatic rings. The number of methoxy groups -OCH3 is 1. The van der Waals surface area contributed by atoms with E-state index in [1.807, 2.05) is 24.3 Å². The zero-order chi connectivity index (χ0) is 55.9. The number of pyridine rings is 1. The summed E-state index contributed by atoms with van der Waals surface area (Å²) in [5.74, 6) is 0.338. The van der Waals surface area contributed by atoms with Crippen LogP contribution in [0.15, 0.2) is 116 Å². The Bertz CT molecular complexity index is 3460. The molecule has 1 atom stereocenters. The van der Waals surface area contributed by atoms with Crippen molar-refractivity contribution in [3.63, 3.8) is 0 Å². The van der Waals surface area contributed by atoms with Gasteiger partial charge in [-0.05, 0) is 142 Å².